The van der Waals surface area contributed by atoms with E-state index in [0.29, 0.717) is 0 Å². The maximum absolute atomic E-state index is 4.55. The lowest BCUT2D eigenvalue weighted by molar-refractivity contribution is 0.456. The number of aliphatic imine (C=N–C) groups is 1. The predicted octanol–water partition coefficient (Wildman–Crippen LogP) is 2.16. The molecule has 1 aliphatic heterocycles. The molecule has 1 heterocycles. The smallest absolute Gasteiger partial charge is 0.131 e. The van der Waals surface area contributed by atoms with Crippen LogP contribution in [0.15, 0.2) is 35.3 Å². The average molecular weight is 188 g/mol. The Morgan fingerprint density at radius 3 is 2.79 bits per heavy atom. The molecule has 0 amide bonds. The molecule has 0 saturated carbocycles. The van der Waals surface area contributed by atoms with Crippen LogP contribution in [0.5, 0.6) is 0 Å². The van der Waals surface area contributed by atoms with E-state index in [1.165, 1.54) is 17.8 Å². The van der Waals surface area contributed by atoms with Crippen LogP contribution < -0.4 is 0 Å². The number of nitrogens with zero attached hydrogens (tertiary/aromatic N) is 2. The van der Waals surface area contributed by atoms with Gasteiger partial charge in [0.25, 0.3) is 0 Å². The molecule has 0 spiro atoms. The van der Waals surface area contributed by atoms with Gasteiger partial charge in [0.05, 0.1) is 6.54 Å². The second-order valence-electron chi connectivity index (χ2n) is 3.56. The Labute approximate surface area is 85.3 Å². The highest BCUT2D eigenvalue weighted by molar-refractivity contribution is 5.99. The molecule has 1 aromatic rings. The molecule has 1 aliphatic rings. The van der Waals surface area contributed by atoms with Gasteiger partial charge in [-0.25, -0.2) is 0 Å². The minimum absolute atomic E-state index is 0.949. The largest absolute Gasteiger partial charge is 0.355 e. The van der Waals surface area contributed by atoms with E-state index in [4.69, 9.17) is 0 Å². The average Bonchev–Trinajstić information content (AvgIpc) is 2.68. The SMILES string of the molecule is CCCN1CCN=C1c1ccccc1. The molecule has 0 N–H and O–H groups in total. The van der Waals surface area contributed by atoms with Crippen molar-refractivity contribution in [3.8, 4) is 0 Å². The van der Waals surface area contributed by atoms with E-state index in [9.17, 15) is 0 Å². The number of rotatable bonds is 3. The first-order valence-corrected chi connectivity index (χ1v) is 5.26. The lowest BCUT2D eigenvalue weighted by Crippen LogP contribution is -2.29. The van der Waals surface area contributed by atoms with Crippen LogP contribution in [0.4, 0.5) is 0 Å². The maximum atomic E-state index is 4.55. The highest BCUT2D eigenvalue weighted by atomic mass is 15.2. The van der Waals surface area contributed by atoms with E-state index in [1.54, 1.807) is 0 Å². The van der Waals surface area contributed by atoms with E-state index < -0.39 is 0 Å². The van der Waals surface area contributed by atoms with Gasteiger partial charge in [-0.2, -0.15) is 0 Å². The van der Waals surface area contributed by atoms with E-state index in [0.717, 1.165) is 19.6 Å². The van der Waals surface area contributed by atoms with Crippen LogP contribution in [0.3, 0.4) is 0 Å². The zero-order valence-electron chi connectivity index (χ0n) is 8.61. The minimum atomic E-state index is 0.949. The first kappa shape index (κ1) is 9.25. The van der Waals surface area contributed by atoms with Crippen molar-refractivity contribution in [2.45, 2.75) is 13.3 Å². The number of hydrogen-bond donors (Lipinski definition) is 0. The van der Waals surface area contributed by atoms with E-state index in [-0.39, 0.29) is 0 Å². The maximum Gasteiger partial charge on any atom is 0.131 e. The van der Waals surface area contributed by atoms with Crippen molar-refractivity contribution in [2.24, 2.45) is 4.99 Å². The molecule has 2 nitrogen and oxygen atoms in total. The summed E-state index contributed by atoms with van der Waals surface area (Å²) in [4.78, 5) is 6.92. The molecule has 2 rings (SSSR count). The van der Waals surface area contributed by atoms with Crippen molar-refractivity contribution < 1.29 is 0 Å². The molecule has 14 heavy (non-hydrogen) atoms. The molecule has 0 fully saturated rings. The predicted molar refractivity (Wildman–Crippen MR) is 59.7 cm³/mol. The zero-order chi connectivity index (χ0) is 9.80. The fourth-order valence-corrected chi connectivity index (χ4v) is 1.83. The van der Waals surface area contributed by atoms with Crippen molar-refractivity contribution in [1.29, 1.82) is 0 Å². The summed E-state index contributed by atoms with van der Waals surface area (Å²) in [6.07, 6.45) is 1.19. The number of amidine groups is 1. The van der Waals surface area contributed by atoms with Crippen molar-refractivity contribution >= 4 is 5.84 Å². The third-order valence-corrected chi connectivity index (χ3v) is 2.46. The topological polar surface area (TPSA) is 15.6 Å². The molecule has 0 radical (unpaired) electrons. The van der Waals surface area contributed by atoms with Gasteiger partial charge in [-0.05, 0) is 6.42 Å². The van der Waals surface area contributed by atoms with Crippen molar-refractivity contribution in [2.75, 3.05) is 19.6 Å². The standard InChI is InChI=1S/C12H16N2/c1-2-9-14-10-8-13-12(14)11-6-4-3-5-7-11/h3-7H,2,8-10H2,1H3. The Morgan fingerprint density at radius 2 is 2.07 bits per heavy atom. The molecule has 1 aromatic carbocycles. The Balaban J connectivity index is 2.18. The highest BCUT2D eigenvalue weighted by Gasteiger charge is 2.16. The van der Waals surface area contributed by atoms with Gasteiger partial charge < -0.3 is 4.90 Å². The van der Waals surface area contributed by atoms with Gasteiger partial charge in [-0.15, -0.1) is 0 Å². The van der Waals surface area contributed by atoms with Gasteiger partial charge in [0.1, 0.15) is 5.84 Å². The normalized spacial score (nSPS) is 15.8. The van der Waals surface area contributed by atoms with Gasteiger partial charge in [-0.3, -0.25) is 4.99 Å². The summed E-state index contributed by atoms with van der Waals surface area (Å²) in [5, 5.41) is 0. The molecule has 0 unspecified atom stereocenters. The van der Waals surface area contributed by atoms with Crippen LogP contribution in [0.25, 0.3) is 0 Å². The van der Waals surface area contributed by atoms with Crippen LogP contribution in [0.1, 0.15) is 18.9 Å². The lowest BCUT2D eigenvalue weighted by atomic mass is 10.2. The van der Waals surface area contributed by atoms with E-state index in [1.807, 2.05) is 6.07 Å². The summed E-state index contributed by atoms with van der Waals surface area (Å²) in [7, 11) is 0. The second-order valence-corrected chi connectivity index (χ2v) is 3.56. The van der Waals surface area contributed by atoms with Crippen LogP contribution in [-0.2, 0) is 0 Å². The third kappa shape index (κ3) is 1.79. The molecule has 2 heteroatoms. The summed E-state index contributed by atoms with van der Waals surface area (Å²) in [6, 6.07) is 10.4. The van der Waals surface area contributed by atoms with E-state index in [2.05, 4.69) is 41.1 Å². The monoisotopic (exact) mass is 188 g/mol. The molecular formula is C12H16N2. The van der Waals surface area contributed by atoms with Crippen molar-refractivity contribution in [3.05, 3.63) is 35.9 Å². The Bertz CT molecular complexity index is 316. The molecular weight excluding hydrogens is 172 g/mol. The first-order valence-electron chi connectivity index (χ1n) is 5.26. The van der Waals surface area contributed by atoms with Crippen LogP contribution in [0.2, 0.25) is 0 Å². The molecule has 0 aromatic heterocycles. The van der Waals surface area contributed by atoms with Crippen LogP contribution >= 0.6 is 0 Å². The molecule has 0 atom stereocenters. The zero-order valence-corrected chi connectivity index (χ0v) is 8.61. The number of benzene rings is 1. The summed E-state index contributed by atoms with van der Waals surface area (Å²) < 4.78 is 0. The number of hydrogen-bond acceptors (Lipinski definition) is 2. The van der Waals surface area contributed by atoms with E-state index >= 15 is 0 Å². The van der Waals surface area contributed by atoms with Gasteiger partial charge in [0.15, 0.2) is 0 Å². The van der Waals surface area contributed by atoms with Crippen LogP contribution in [-0.4, -0.2) is 30.4 Å². The molecule has 0 bridgehead atoms. The summed E-state index contributed by atoms with van der Waals surface area (Å²) in [5.74, 6) is 1.17. The fraction of sp³-hybridized carbons (Fsp3) is 0.417. The molecule has 0 aliphatic carbocycles. The van der Waals surface area contributed by atoms with Gasteiger partial charge in [0.2, 0.25) is 0 Å². The highest BCUT2D eigenvalue weighted by Crippen LogP contribution is 2.11. The minimum Gasteiger partial charge on any atom is -0.355 e. The Hall–Kier alpha value is -1.31. The van der Waals surface area contributed by atoms with Crippen LogP contribution in [0, 0.1) is 0 Å². The summed E-state index contributed by atoms with van der Waals surface area (Å²) >= 11 is 0. The van der Waals surface area contributed by atoms with Gasteiger partial charge in [-0.1, -0.05) is 37.3 Å². The quantitative estimate of drug-likeness (QED) is 0.709. The molecule has 74 valence electrons. The third-order valence-electron chi connectivity index (χ3n) is 2.46. The summed E-state index contributed by atoms with van der Waals surface area (Å²) in [5.41, 5.74) is 1.25. The second kappa shape index (κ2) is 4.27. The fourth-order valence-electron chi connectivity index (χ4n) is 1.83. The summed E-state index contributed by atoms with van der Waals surface area (Å²) in [6.45, 7) is 5.36. The van der Waals surface area contributed by atoms with Gasteiger partial charge >= 0.3 is 0 Å². The Kier molecular flexibility index (Phi) is 2.82. The van der Waals surface area contributed by atoms with Gasteiger partial charge in [0, 0.05) is 18.7 Å². The molecule has 0 saturated heterocycles. The first-order chi connectivity index (χ1) is 6.92. The van der Waals surface area contributed by atoms with Crippen molar-refractivity contribution in [1.82, 2.24) is 4.90 Å². The lowest BCUT2D eigenvalue weighted by Gasteiger charge is -2.19. The Morgan fingerprint density at radius 1 is 1.29 bits per heavy atom. The van der Waals surface area contributed by atoms with Crippen molar-refractivity contribution in [3.63, 3.8) is 0 Å².